The molecule has 0 fully saturated rings. The van der Waals surface area contributed by atoms with E-state index in [4.69, 9.17) is 10.8 Å². The van der Waals surface area contributed by atoms with Crippen molar-refractivity contribution in [2.24, 2.45) is 0 Å². The minimum absolute atomic E-state index is 0.0338. The molecule has 0 bridgehead atoms. The molecule has 1 aromatic carbocycles. The molecule has 2 atom stereocenters. The summed E-state index contributed by atoms with van der Waals surface area (Å²) in [6.45, 7) is 1.76. The van der Waals surface area contributed by atoms with Gasteiger partial charge >= 0.3 is 0 Å². The summed E-state index contributed by atoms with van der Waals surface area (Å²) in [7, 11) is 0. The molecule has 1 rings (SSSR count). The van der Waals surface area contributed by atoms with Gasteiger partial charge in [-0.3, -0.25) is 4.79 Å². The molecule has 0 aliphatic carbocycles. The number of hydrogen-bond donors (Lipinski definition) is 3. The first kappa shape index (κ1) is 14.8. The fourth-order valence-electron chi connectivity index (χ4n) is 1.56. The van der Waals surface area contributed by atoms with Crippen molar-refractivity contribution >= 4 is 23.4 Å². The number of amides is 1. The number of carbonyl (C=O) groups excluding carboxylic acids is 1. The average molecular weight is 272 g/mol. The first-order valence-electron chi connectivity index (χ1n) is 5.48. The highest BCUT2D eigenvalue weighted by Crippen LogP contribution is 2.13. The van der Waals surface area contributed by atoms with E-state index < -0.39 is 11.7 Å². The molecule has 18 heavy (non-hydrogen) atoms. The number of carbonyl (C=O) groups is 1. The zero-order valence-electron chi connectivity index (χ0n) is 10.3. The van der Waals surface area contributed by atoms with Crippen LogP contribution in [-0.2, 0) is 0 Å². The molecule has 0 aliphatic rings. The van der Waals surface area contributed by atoms with E-state index in [0.29, 0.717) is 0 Å². The number of anilines is 1. The van der Waals surface area contributed by atoms with Crippen molar-refractivity contribution < 1.29 is 14.3 Å². The van der Waals surface area contributed by atoms with Gasteiger partial charge < -0.3 is 16.2 Å². The Balaban J connectivity index is 2.76. The van der Waals surface area contributed by atoms with Crippen molar-refractivity contribution in [3.63, 3.8) is 0 Å². The number of aliphatic hydroxyl groups excluding tert-OH is 1. The summed E-state index contributed by atoms with van der Waals surface area (Å²) < 4.78 is 13.1. The second-order valence-electron chi connectivity index (χ2n) is 3.99. The average Bonchev–Trinajstić information content (AvgIpc) is 2.29. The maximum Gasteiger partial charge on any atom is 0.251 e. The lowest BCUT2D eigenvalue weighted by Gasteiger charge is -2.21. The van der Waals surface area contributed by atoms with Crippen LogP contribution < -0.4 is 11.1 Å². The first-order chi connectivity index (χ1) is 8.47. The topological polar surface area (TPSA) is 75.3 Å². The number of halogens is 1. The quantitative estimate of drug-likeness (QED) is 0.705. The van der Waals surface area contributed by atoms with Gasteiger partial charge in [-0.2, -0.15) is 11.8 Å². The highest BCUT2D eigenvalue weighted by atomic mass is 32.2. The van der Waals surface area contributed by atoms with E-state index in [0.717, 1.165) is 12.1 Å². The van der Waals surface area contributed by atoms with Gasteiger partial charge in [-0.15, -0.1) is 0 Å². The summed E-state index contributed by atoms with van der Waals surface area (Å²) in [4.78, 5) is 11.9. The summed E-state index contributed by atoms with van der Waals surface area (Å²) in [6, 6.07) is 3.48. The molecule has 0 radical (unpaired) electrons. The Morgan fingerprint density at radius 1 is 1.56 bits per heavy atom. The third-order valence-corrected chi connectivity index (χ3v) is 3.74. The van der Waals surface area contributed by atoms with Gasteiger partial charge in [-0.05, 0) is 31.4 Å². The van der Waals surface area contributed by atoms with Crippen LogP contribution in [0.25, 0.3) is 0 Å². The lowest BCUT2D eigenvalue weighted by Crippen LogP contribution is -2.41. The lowest BCUT2D eigenvalue weighted by molar-refractivity contribution is 0.0935. The van der Waals surface area contributed by atoms with Crippen molar-refractivity contribution in [3.8, 4) is 0 Å². The first-order valence-corrected chi connectivity index (χ1v) is 6.77. The number of aliphatic hydroxyl groups is 1. The van der Waals surface area contributed by atoms with E-state index in [-0.39, 0.29) is 29.1 Å². The second-order valence-corrected chi connectivity index (χ2v) is 5.07. The Labute approximate surface area is 110 Å². The molecule has 100 valence electrons. The van der Waals surface area contributed by atoms with Gasteiger partial charge in [0, 0.05) is 22.5 Å². The van der Waals surface area contributed by atoms with Crippen LogP contribution >= 0.6 is 11.8 Å². The van der Waals surface area contributed by atoms with Crippen LogP contribution in [0.4, 0.5) is 10.1 Å². The van der Waals surface area contributed by atoms with Crippen LogP contribution in [0, 0.1) is 5.82 Å². The smallest absolute Gasteiger partial charge is 0.251 e. The van der Waals surface area contributed by atoms with Crippen molar-refractivity contribution in [1.29, 1.82) is 0 Å². The minimum atomic E-state index is -0.545. The van der Waals surface area contributed by atoms with E-state index >= 15 is 0 Å². The predicted octanol–water partition coefficient (Wildman–Crippen LogP) is 1.25. The van der Waals surface area contributed by atoms with E-state index in [1.54, 1.807) is 6.92 Å². The predicted molar refractivity (Wildman–Crippen MR) is 72.1 cm³/mol. The van der Waals surface area contributed by atoms with Gasteiger partial charge in [0.05, 0.1) is 6.61 Å². The van der Waals surface area contributed by atoms with Crippen molar-refractivity contribution in [2.45, 2.75) is 18.2 Å². The Hall–Kier alpha value is -1.27. The van der Waals surface area contributed by atoms with Crippen molar-refractivity contribution in [2.75, 3.05) is 18.6 Å². The SMILES string of the molecule is CSC(CO)C(C)NC(=O)c1cc(N)cc(F)c1. The number of nitrogens with two attached hydrogens (primary N) is 1. The van der Waals surface area contributed by atoms with Gasteiger partial charge in [-0.1, -0.05) is 0 Å². The second kappa shape index (κ2) is 6.61. The number of hydrogen-bond acceptors (Lipinski definition) is 4. The van der Waals surface area contributed by atoms with Crippen LogP contribution in [0.2, 0.25) is 0 Å². The Kier molecular flexibility index (Phi) is 5.43. The highest BCUT2D eigenvalue weighted by Gasteiger charge is 2.18. The van der Waals surface area contributed by atoms with Gasteiger partial charge in [-0.25, -0.2) is 4.39 Å². The largest absolute Gasteiger partial charge is 0.399 e. The number of benzene rings is 1. The molecule has 1 aromatic rings. The Morgan fingerprint density at radius 2 is 2.22 bits per heavy atom. The number of nitrogen functional groups attached to an aromatic ring is 1. The third kappa shape index (κ3) is 3.89. The molecule has 0 aliphatic heterocycles. The van der Waals surface area contributed by atoms with E-state index in [2.05, 4.69) is 5.32 Å². The summed E-state index contributed by atoms with van der Waals surface area (Å²) in [6.07, 6.45) is 1.85. The van der Waals surface area contributed by atoms with Crippen molar-refractivity contribution in [3.05, 3.63) is 29.6 Å². The standard InChI is InChI=1S/C12H17FN2O2S/c1-7(11(6-16)18-2)15-12(17)8-3-9(13)5-10(14)4-8/h3-5,7,11,16H,6,14H2,1-2H3,(H,15,17). The van der Waals surface area contributed by atoms with E-state index in [1.165, 1.54) is 17.8 Å². The fraction of sp³-hybridized carbons (Fsp3) is 0.417. The van der Waals surface area contributed by atoms with Crippen LogP contribution in [0.3, 0.4) is 0 Å². The molecule has 0 saturated heterocycles. The molecule has 0 spiro atoms. The zero-order valence-corrected chi connectivity index (χ0v) is 11.1. The number of nitrogens with one attached hydrogen (secondary N) is 1. The zero-order chi connectivity index (χ0) is 13.7. The Morgan fingerprint density at radius 3 is 2.72 bits per heavy atom. The molecule has 6 heteroatoms. The summed E-state index contributed by atoms with van der Waals surface area (Å²) in [5.41, 5.74) is 5.86. The van der Waals surface area contributed by atoms with Gasteiger partial charge in [0.2, 0.25) is 0 Å². The normalized spacial score (nSPS) is 14.0. The molecule has 1 amide bonds. The summed E-state index contributed by atoms with van der Waals surface area (Å²) in [5, 5.41) is 11.7. The molecular formula is C12H17FN2O2S. The van der Waals surface area contributed by atoms with Crippen LogP contribution in [-0.4, -0.2) is 35.2 Å². The fourth-order valence-corrected chi connectivity index (χ4v) is 2.19. The maximum atomic E-state index is 13.1. The van der Waals surface area contributed by atoms with Gasteiger partial charge in [0.25, 0.3) is 5.91 Å². The molecule has 0 aromatic heterocycles. The van der Waals surface area contributed by atoms with Crippen LogP contribution in [0.1, 0.15) is 17.3 Å². The molecule has 4 nitrogen and oxygen atoms in total. The molecule has 0 heterocycles. The lowest BCUT2D eigenvalue weighted by atomic mass is 10.1. The number of thioether (sulfide) groups is 1. The number of rotatable bonds is 5. The molecule has 2 unspecified atom stereocenters. The van der Waals surface area contributed by atoms with Gasteiger partial charge in [0.1, 0.15) is 5.82 Å². The highest BCUT2D eigenvalue weighted by molar-refractivity contribution is 7.99. The van der Waals surface area contributed by atoms with Crippen molar-refractivity contribution in [1.82, 2.24) is 5.32 Å². The monoisotopic (exact) mass is 272 g/mol. The van der Waals surface area contributed by atoms with E-state index in [9.17, 15) is 9.18 Å². The summed E-state index contributed by atoms with van der Waals surface area (Å²) >= 11 is 1.46. The molecular weight excluding hydrogens is 255 g/mol. The van der Waals surface area contributed by atoms with Crippen LogP contribution in [0.15, 0.2) is 18.2 Å². The molecule has 0 saturated carbocycles. The maximum absolute atomic E-state index is 13.1. The Bertz CT molecular complexity index is 404. The van der Waals surface area contributed by atoms with Gasteiger partial charge in [0.15, 0.2) is 0 Å². The summed E-state index contributed by atoms with van der Waals surface area (Å²) in [5.74, 6) is -0.947. The minimum Gasteiger partial charge on any atom is -0.399 e. The van der Waals surface area contributed by atoms with Crippen LogP contribution in [0.5, 0.6) is 0 Å². The third-order valence-electron chi connectivity index (χ3n) is 2.58. The molecule has 4 N–H and O–H groups in total. The van der Waals surface area contributed by atoms with E-state index in [1.807, 2.05) is 6.26 Å².